The summed E-state index contributed by atoms with van der Waals surface area (Å²) in [6, 6.07) is 2.19. The van der Waals surface area contributed by atoms with E-state index in [9.17, 15) is 0 Å². The Morgan fingerprint density at radius 3 is 2.64 bits per heavy atom. The summed E-state index contributed by atoms with van der Waals surface area (Å²) in [5.41, 5.74) is 1.40. The lowest BCUT2D eigenvalue weighted by atomic mass is 10.1. The highest BCUT2D eigenvalue weighted by molar-refractivity contribution is 7.07. The highest BCUT2D eigenvalue weighted by Crippen LogP contribution is 2.16. The van der Waals surface area contributed by atoms with Gasteiger partial charge in [0.2, 0.25) is 0 Å². The molecule has 0 aliphatic rings. The van der Waals surface area contributed by atoms with Crippen LogP contribution >= 0.6 is 11.3 Å². The molecule has 0 aromatic carbocycles. The predicted molar refractivity (Wildman–Crippen MR) is 99.1 cm³/mol. The normalized spacial score (nSPS) is 13.4. The minimum absolute atomic E-state index is 0.507. The van der Waals surface area contributed by atoms with Crippen LogP contribution in [-0.2, 0) is 0 Å². The Labute approximate surface area is 140 Å². The molecule has 0 bridgehead atoms. The van der Waals surface area contributed by atoms with E-state index in [1.807, 2.05) is 7.05 Å². The van der Waals surface area contributed by atoms with Crippen LogP contribution in [0.1, 0.15) is 45.1 Å². The lowest BCUT2D eigenvalue weighted by molar-refractivity contribution is 0.297. The summed E-state index contributed by atoms with van der Waals surface area (Å²) in [7, 11) is 1.83. The minimum atomic E-state index is 0.507. The van der Waals surface area contributed by atoms with Gasteiger partial charge in [0.05, 0.1) is 0 Å². The SMILES string of the molecule is CCN(CC)CCCCNC(=NC)NCC(C)c1ccsc1. The second-order valence-electron chi connectivity index (χ2n) is 5.57. The maximum absolute atomic E-state index is 4.29. The third-order valence-corrected chi connectivity index (χ3v) is 4.70. The van der Waals surface area contributed by atoms with Gasteiger partial charge in [0, 0.05) is 20.1 Å². The van der Waals surface area contributed by atoms with Gasteiger partial charge in [-0.3, -0.25) is 4.99 Å². The Morgan fingerprint density at radius 2 is 2.05 bits per heavy atom. The van der Waals surface area contributed by atoms with Crippen LogP contribution in [0.4, 0.5) is 0 Å². The highest BCUT2D eigenvalue weighted by atomic mass is 32.1. The fourth-order valence-corrected chi connectivity index (χ4v) is 3.13. The van der Waals surface area contributed by atoms with Crippen molar-refractivity contribution >= 4 is 17.3 Å². The molecule has 0 saturated heterocycles. The van der Waals surface area contributed by atoms with Gasteiger partial charge in [-0.1, -0.05) is 20.8 Å². The van der Waals surface area contributed by atoms with Gasteiger partial charge in [0.15, 0.2) is 5.96 Å². The molecular formula is C17H32N4S. The quantitative estimate of drug-likeness (QED) is 0.394. The van der Waals surface area contributed by atoms with Crippen molar-refractivity contribution in [2.45, 2.75) is 39.5 Å². The molecule has 0 spiro atoms. The molecule has 1 atom stereocenters. The molecule has 1 heterocycles. The first-order chi connectivity index (χ1) is 10.7. The fourth-order valence-electron chi connectivity index (χ4n) is 2.35. The van der Waals surface area contributed by atoms with E-state index in [-0.39, 0.29) is 0 Å². The van der Waals surface area contributed by atoms with E-state index in [1.54, 1.807) is 11.3 Å². The van der Waals surface area contributed by atoms with Crippen molar-refractivity contribution in [3.05, 3.63) is 22.4 Å². The molecule has 0 saturated carbocycles. The van der Waals surface area contributed by atoms with Crippen molar-refractivity contribution in [2.24, 2.45) is 4.99 Å². The number of nitrogens with one attached hydrogen (secondary N) is 2. The first kappa shape index (κ1) is 19.0. The molecule has 0 amide bonds. The average molecular weight is 325 g/mol. The molecule has 1 aromatic heterocycles. The van der Waals surface area contributed by atoms with Crippen LogP contribution in [0, 0.1) is 0 Å². The maximum atomic E-state index is 4.29. The van der Waals surface area contributed by atoms with Crippen LogP contribution in [0.5, 0.6) is 0 Å². The largest absolute Gasteiger partial charge is 0.356 e. The molecule has 1 unspecified atom stereocenters. The number of nitrogens with zero attached hydrogens (tertiary/aromatic N) is 2. The minimum Gasteiger partial charge on any atom is -0.356 e. The van der Waals surface area contributed by atoms with Gasteiger partial charge < -0.3 is 15.5 Å². The van der Waals surface area contributed by atoms with Crippen LogP contribution in [-0.4, -0.2) is 50.6 Å². The van der Waals surface area contributed by atoms with Crippen molar-refractivity contribution in [2.75, 3.05) is 39.8 Å². The van der Waals surface area contributed by atoms with E-state index in [4.69, 9.17) is 0 Å². The molecule has 0 aliphatic carbocycles. The molecular weight excluding hydrogens is 292 g/mol. The van der Waals surface area contributed by atoms with Crippen LogP contribution < -0.4 is 10.6 Å². The van der Waals surface area contributed by atoms with Crippen LogP contribution in [0.3, 0.4) is 0 Å². The lowest BCUT2D eigenvalue weighted by Gasteiger charge is -2.18. The standard InChI is InChI=1S/C17H32N4S/c1-5-21(6-2)11-8-7-10-19-17(18-4)20-13-15(3)16-9-12-22-14-16/h9,12,14-15H,5-8,10-11,13H2,1-4H3,(H2,18,19,20). The van der Waals surface area contributed by atoms with Crippen LogP contribution in [0.2, 0.25) is 0 Å². The summed E-state index contributed by atoms with van der Waals surface area (Å²) in [6.45, 7) is 12.1. The van der Waals surface area contributed by atoms with E-state index < -0.39 is 0 Å². The number of rotatable bonds is 10. The second-order valence-corrected chi connectivity index (χ2v) is 6.35. The van der Waals surface area contributed by atoms with Crippen LogP contribution in [0.25, 0.3) is 0 Å². The molecule has 0 aliphatic heterocycles. The van der Waals surface area contributed by atoms with E-state index in [2.05, 4.69) is 58.1 Å². The average Bonchev–Trinajstić information content (AvgIpc) is 3.08. The molecule has 0 radical (unpaired) electrons. The first-order valence-corrected chi connectivity index (χ1v) is 9.34. The van der Waals surface area contributed by atoms with Gasteiger partial charge in [-0.25, -0.2) is 0 Å². The van der Waals surface area contributed by atoms with E-state index in [0.29, 0.717) is 5.92 Å². The Bertz CT molecular complexity index is 399. The predicted octanol–water partition coefficient (Wildman–Crippen LogP) is 3.14. The molecule has 1 rings (SSSR count). The zero-order valence-electron chi connectivity index (χ0n) is 14.6. The summed E-state index contributed by atoms with van der Waals surface area (Å²) < 4.78 is 0. The van der Waals surface area contributed by atoms with Gasteiger partial charge in [-0.15, -0.1) is 0 Å². The zero-order chi connectivity index (χ0) is 16.2. The number of thiophene rings is 1. The molecule has 2 N–H and O–H groups in total. The Kier molecular flexibility index (Phi) is 9.91. The highest BCUT2D eigenvalue weighted by Gasteiger charge is 2.06. The van der Waals surface area contributed by atoms with E-state index in [0.717, 1.165) is 32.1 Å². The second kappa shape index (κ2) is 11.5. The third-order valence-electron chi connectivity index (χ3n) is 4.00. The summed E-state index contributed by atoms with van der Waals surface area (Å²) in [6.07, 6.45) is 2.41. The Morgan fingerprint density at radius 1 is 1.27 bits per heavy atom. The molecule has 126 valence electrons. The molecule has 22 heavy (non-hydrogen) atoms. The number of guanidine groups is 1. The summed E-state index contributed by atoms with van der Waals surface area (Å²) >= 11 is 1.76. The molecule has 5 heteroatoms. The van der Waals surface area contributed by atoms with Crippen molar-refractivity contribution in [3.63, 3.8) is 0 Å². The monoisotopic (exact) mass is 324 g/mol. The lowest BCUT2D eigenvalue weighted by Crippen LogP contribution is -2.39. The summed E-state index contributed by atoms with van der Waals surface area (Å²) in [4.78, 5) is 6.76. The van der Waals surface area contributed by atoms with Crippen molar-refractivity contribution in [3.8, 4) is 0 Å². The number of aliphatic imine (C=N–C) groups is 1. The van der Waals surface area contributed by atoms with Gasteiger partial charge in [0.25, 0.3) is 0 Å². The summed E-state index contributed by atoms with van der Waals surface area (Å²) in [5.74, 6) is 1.41. The van der Waals surface area contributed by atoms with Crippen molar-refractivity contribution < 1.29 is 0 Å². The Hall–Kier alpha value is -1.07. The van der Waals surface area contributed by atoms with Crippen molar-refractivity contribution in [1.82, 2.24) is 15.5 Å². The van der Waals surface area contributed by atoms with E-state index >= 15 is 0 Å². The van der Waals surface area contributed by atoms with Crippen molar-refractivity contribution in [1.29, 1.82) is 0 Å². The molecule has 1 aromatic rings. The fraction of sp³-hybridized carbons (Fsp3) is 0.706. The first-order valence-electron chi connectivity index (χ1n) is 8.40. The smallest absolute Gasteiger partial charge is 0.190 e. The molecule has 0 fully saturated rings. The van der Waals surface area contributed by atoms with E-state index in [1.165, 1.54) is 24.9 Å². The Balaban J connectivity index is 2.15. The zero-order valence-corrected chi connectivity index (χ0v) is 15.4. The van der Waals surface area contributed by atoms with Gasteiger partial charge in [0.1, 0.15) is 0 Å². The summed E-state index contributed by atoms with van der Waals surface area (Å²) in [5, 5.41) is 11.2. The maximum Gasteiger partial charge on any atom is 0.190 e. The van der Waals surface area contributed by atoms with Gasteiger partial charge in [-0.2, -0.15) is 11.3 Å². The molecule has 4 nitrogen and oxygen atoms in total. The topological polar surface area (TPSA) is 39.7 Å². The number of unbranched alkanes of at least 4 members (excludes halogenated alkanes) is 1. The van der Waals surface area contributed by atoms with Crippen LogP contribution in [0.15, 0.2) is 21.8 Å². The van der Waals surface area contributed by atoms with Gasteiger partial charge in [-0.05, 0) is 60.8 Å². The third kappa shape index (κ3) is 7.27. The number of hydrogen-bond donors (Lipinski definition) is 2. The number of hydrogen-bond acceptors (Lipinski definition) is 3. The van der Waals surface area contributed by atoms with Gasteiger partial charge >= 0.3 is 0 Å².